The highest BCUT2D eigenvalue weighted by atomic mass is 35.5. The fourth-order valence-corrected chi connectivity index (χ4v) is 4.16. The number of amides is 1. The quantitative estimate of drug-likeness (QED) is 0.553. The van der Waals surface area contributed by atoms with Crippen molar-refractivity contribution in [1.29, 1.82) is 0 Å². The average molecular weight is 423 g/mol. The van der Waals surface area contributed by atoms with Gasteiger partial charge in [0.25, 0.3) is 0 Å². The van der Waals surface area contributed by atoms with Crippen molar-refractivity contribution in [2.24, 2.45) is 0 Å². The zero-order valence-electron chi connectivity index (χ0n) is 14.4. The van der Waals surface area contributed by atoms with Crippen molar-refractivity contribution in [3.63, 3.8) is 0 Å². The lowest BCUT2D eigenvalue weighted by Gasteiger charge is -2.16. The van der Waals surface area contributed by atoms with Gasteiger partial charge in [-0.25, -0.2) is 4.39 Å². The SMILES string of the molecule is CN(Cc1cccc(Cl)c1)C(=O)CSc1nnc(Nc2cccc(F)c2)s1. The Morgan fingerprint density at radius 1 is 1.26 bits per heavy atom. The van der Waals surface area contributed by atoms with Gasteiger partial charge >= 0.3 is 0 Å². The zero-order valence-corrected chi connectivity index (χ0v) is 16.7. The highest BCUT2D eigenvalue weighted by Gasteiger charge is 2.13. The maximum Gasteiger partial charge on any atom is 0.233 e. The lowest BCUT2D eigenvalue weighted by molar-refractivity contribution is -0.127. The van der Waals surface area contributed by atoms with Crippen molar-refractivity contribution in [3.8, 4) is 0 Å². The summed E-state index contributed by atoms with van der Waals surface area (Å²) < 4.78 is 13.9. The second-order valence-corrected chi connectivity index (χ2v) is 8.31. The molecular formula is C18H16ClFN4OS2. The molecule has 3 aromatic rings. The van der Waals surface area contributed by atoms with Crippen molar-refractivity contribution in [3.05, 3.63) is 64.9 Å². The molecule has 27 heavy (non-hydrogen) atoms. The molecule has 0 unspecified atom stereocenters. The molecule has 1 amide bonds. The lowest BCUT2D eigenvalue weighted by Crippen LogP contribution is -2.27. The Hall–Kier alpha value is -2.16. The highest BCUT2D eigenvalue weighted by Crippen LogP contribution is 2.28. The fraction of sp³-hybridized carbons (Fsp3) is 0.167. The van der Waals surface area contributed by atoms with Crippen LogP contribution in [0.25, 0.3) is 0 Å². The van der Waals surface area contributed by atoms with Crippen LogP contribution < -0.4 is 5.32 Å². The Kier molecular flexibility index (Phi) is 6.65. The van der Waals surface area contributed by atoms with Crippen molar-refractivity contribution < 1.29 is 9.18 Å². The molecule has 0 spiro atoms. The van der Waals surface area contributed by atoms with E-state index in [0.717, 1.165) is 5.56 Å². The summed E-state index contributed by atoms with van der Waals surface area (Å²) in [4.78, 5) is 14.0. The van der Waals surface area contributed by atoms with Gasteiger partial charge in [0.2, 0.25) is 11.0 Å². The van der Waals surface area contributed by atoms with Crippen LogP contribution in [0.1, 0.15) is 5.56 Å². The van der Waals surface area contributed by atoms with E-state index in [2.05, 4.69) is 15.5 Å². The molecule has 3 rings (SSSR count). The standard InChI is InChI=1S/C18H16ClFN4OS2/c1-24(10-12-4-2-5-13(19)8-12)16(25)11-26-18-23-22-17(27-18)21-15-7-3-6-14(20)9-15/h2-9H,10-11H2,1H3,(H,21,22). The first-order chi connectivity index (χ1) is 13.0. The van der Waals surface area contributed by atoms with Crippen LogP contribution in [0.5, 0.6) is 0 Å². The summed E-state index contributed by atoms with van der Waals surface area (Å²) >= 11 is 8.60. The number of nitrogens with zero attached hydrogens (tertiary/aromatic N) is 3. The van der Waals surface area contributed by atoms with Gasteiger partial charge in [0.15, 0.2) is 4.34 Å². The smallest absolute Gasteiger partial charge is 0.233 e. The van der Waals surface area contributed by atoms with E-state index in [-0.39, 0.29) is 17.5 Å². The molecule has 0 saturated heterocycles. The number of benzene rings is 2. The van der Waals surface area contributed by atoms with Crippen LogP contribution in [0.2, 0.25) is 5.02 Å². The number of anilines is 2. The number of hydrogen-bond acceptors (Lipinski definition) is 6. The zero-order chi connectivity index (χ0) is 19.2. The number of aromatic nitrogens is 2. The number of rotatable bonds is 7. The lowest BCUT2D eigenvalue weighted by atomic mass is 10.2. The number of thioether (sulfide) groups is 1. The molecule has 9 heteroatoms. The van der Waals surface area contributed by atoms with Gasteiger partial charge in [0.05, 0.1) is 5.75 Å². The van der Waals surface area contributed by atoms with Gasteiger partial charge in [0.1, 0.15) is 5.82 Å². The number of carbonyl (C=O) groups excluding carboxylic acids is 1. The summed E-state index contributed by atoms with van der Waals surface area (Å²) in [5.41, 5.74) is 1.57. The van der Waals surface area contributed by atoms with Gasteiger partial charge < -0.3 is 10.2 Å². The summed E-state index contributed by atoms with van der Waals surface area (Å²) in [5, 5.41) is 12.3. The monoisotopic (exact) mass is 422 g/mol. The van der Waals surface area contributed by atoms with E-state index in [4.69, 9.17) is 11.6 Å². The Morgan fingerprint density at radius 3 is 2.85 bits per heavy atom. The minimum Gasteiger partial charge on any atom is -0.341 e. The van der Waals surface area contributed by atoms with Gasteiger partial charge in [0, 0.05) is 24.3 Å². The van der Waals surface area contributed by atoms with Crippen LogP contribution in [0.4, 0.5) is 15.2 Å². The van der Waals surface area contributed by atoms with Gasteiger partial charge in [-0.1, -0.05) is 52.9 Å². The molecule has 5 nitrogen and oxygen atoms in total. The van der Waals surface area contributed by atoms with E-state index in [1.54, 1.807) is 30.1 Å². The van der Waals surface area contributed by atoms with Crippen molar-refractivity contribution in [1.82, 2.24) is 15.1 Å². The summed E-state index contributed by atoms with van der Waals surface area (Å²) in [5.74, 6) is -0.0895. The molecule has 0 bridgehead atoms. The predicted molar refractivity (Wildman–Crippen MR) is 108 cm³/mol. The molecule has 0 aliphatic heterocycles. The maximum absolute atomic E-state index is 13.2. The molecule has 0 saturated carbocycles. The van der Waals surface area contributed by atoms with Crippen LogP contribution >= 0.6 is 34.7 Å². The first kappa shape index (κ1) is 19.6. The molecule has 0 aliphatic rings. The van der Waals surface area contributed by atoms with Gasteiger partial charge in [-0.05, 0) is 35.9 Å². The number of nitrogens with one attached hydrogen (secondary N) is 1. The van der Waals surface area contributed by atoms with Crippen LogP contribution in [0.3, 0.4) is 0 Å². The van der Waals surface area contributed by atoms with Crippen LogP contribution in [-0.2, 0) is 11.3 Å². The third kappa shape index (κ3) is 5.92. The molecule has 1 N–H and O–H groups in total. The largest absolute Gasteiger partial charge is 0.341 e. The van der Waals surface area contributed by atoms with E-state index < -0.39 is 0 Å². The minimum absolute atomic E-state index is 0.0187. The van der Waals surface area contributed by atoms with Crippen molar-refractivity contribution in [2.45, 2.75) is 10.9 Å². The van der Waals surface area contributed by atoms with Gasteiger partial charge in [-0.15, -0.1) is 10.2 Å². The molecule has 0 radical (unpaired) electrons. The molecule has 1 aromatic heterocycles. The van der Waals surface area contributed by atoms with E-state index in [1.165, 1.54) is 35.2 Å². The summed E-state index contributed by atoms with van der Waals surface area (Å²) in [7, 11) is 1.75. The van der Waals surface area contributed by atoms with Gasteiger partial charge in [-0.2, -0.15) is 0 Å². The number of carbonyl (C=O) groups is 1. The molecular weight excluding hydrogens is 407 g/mol. The maximum atomic E-state index is 13.2. The van der Waals surface area contributed by atoms with Gasteiger partial charge in [-0.3, -0.25) is 4.79 Å². The van der Waals surface area contributed by atoms with Crippen LogP contribution in [0.15, 0.2) is 52.9 Å². The van der Waals surface area contributed by atoms with E-state index in [0.29, 0.717) is 26.7 Å². The Morgan fingerprint density at radius 2 is 2.07 bits per heavy atom. The summed E-state index contributed by atoms with van der Waals surface area (Å²) in [6, 6.07) is 13.5. The van der Waals surface area contributed by atoms with E-state index >= 15 is 0 Å². The van der Waals surface area contributed by atoms with Crippen molar-refractivity contribution >= 4 is 51.4 Å². The van der Waals surface area contributed by atoms with E-state index in [9.17, 15) is 9.18 Å². The fourth-order valence-electron chi connectivity index (χ4n) is 2.24. The van der Waals surface area contributed by atoms with Crippen LogP contribution in [0, 0.1) is 5.82 Å². The Labute approximate surface area is 169 Å². The second kappa shape index (κ2) is 9.16. The summed E-state index contributed by atoms with van der Waals surface area (Å²) in [6.45, 7) is 0.489. The molecule has 0 fully saturated rings. The first-order valence-electron chi connectivity index (χ1n) is 7.97. The summed E-state index contributed by atoms with van der Waals surface area (Å²) in [6.07, 6.45) is 0. The molecule has 1 heterocycles. The van der Waals surface area contributed by atoms with Crippen LogP contribution in [-0.4, -0.2) is 33.8 Å². The average Bonchev–Trinajstić information content (AvgIpc) is 3.07. The third-order valence-electron chi connectivity index (χ3n) is 3.54. The number of hydrogen-bond donors (Lipinski definition) is 1. The second-order valence-electron chi connectivity index (χ2n) is 5.68. The molecule has 140 valence electrons. The molecule has 0 atom stereocenters. The molecule has 2 aromatic carbocycles. The molecule has 0 aliphatic carbocycles. The predicted octanol–water partition coefficient (Wildman–Crippen LogP) is 4.82. The highest BCUT2D eigenvalue weighted by molar-refractivity contribution is 8.01. The number of halogens is 2. The third-order valence-corrected chi connectivity index (χ3v) is 5.73. The Bertz CT molecular complexity index is 937. The topological polar surface area (TPSA) is 58.1 Å². The van der Waals surface area contributed by atoms with Crippen molar-refractivity contribution in [2.75, 3.05) is 18.1 Å². The normalized spacial score (nSPS) is 10.6. The van der Waals surface area contributed by atoms with E-state index in [1.807, 2.05) is 18.2 Å². The Balaban J connectivity index is 1.51. The minimum atomic E-state index is -0.326. The first-order valence-corrected chi connectivity index (χ1v) is 10.1.